The predicted octanol–water partition coefficient (Wildman–Crippen LogP) is 4.11. The number of benzene rings is 3. The minimum Gasteiger partial charge on any atom is -0.507 e. The molecule has 3 aromatic carbocycles. The van der Waals surface area contributed by atoms with Crippen LogP contribution in [0.1, 0.15) is 37.4 Å². The molecule has 0 unspecified atom stereocenters. The highest BCUT2D eigenvalue weighted by Gasteiger charge is 2.32. The largest absolute Gasteiger partial charge is 0.507 e. The molecule has 36 heavy (non-hydrogen) atoms. The van der Waals surface area contributed by atoms with E-state index in [0.29, 0.717) is 29.0 Å². The van der Waals surface area contributed by atoms with Gasteiger partial charge in [-0.05, 0) is 41.5 Å². The molecular formula is C29H28N2O5. The number of fused-ring (bicyclic) bond motifs is 1. The van der Waals surface area contributed by atoms with Crippen molar-refractivity contribution < 1.29 is 24.2 Å². The Morgan fingerprint density at radius 3 is 2.28 bits per heavy atom. The number of phenols is 1. The molecule has 0 spiro atoms. The van der Waals surface area contributed by atoms with Gasteiger partial charge < -0.3 is 14.6 Å². The molecule has 0 saturated carbocycles. The number of allylic oxidation sites excluding steroid dienone is 1. The van der Waals surface area contributed by atoms with Gasteiger partial charge in [-0.15, -0.1) is 0 Å². The Morgan fingerprint density at radius 2 is 1.61 bits per heavy atom. The number of phenolic OH excluding ortho intramolecular Hbond substituents is 1. The number of carbonyl (C=O) groups excluding carboxylic acids is 2. The van der Waals surface area contributed by atoms with E-state index in [0.717, 1.165) is 38.3 Å². The van der Waals surface area contributed by atoms with Crippen molar-refractivity contribution in [2.24, 2.45) is 0 Å². The Bertz CT molecular complexity index is 1290. The summed E-state index contributed by atoms with van der Waals surface area (Å²) in [4.78, 5) is 29.4. The van der Waals surface area contributed by atoms with Crippen molar-refractivity contribution in [1.82, 2.24) is 9.80 Å². The van der Waals surface area contributed by atoms with E-state index in [1.165, 1.54) is 12.7 Å². The fraction of sp³-hybridized carbons (Fsp3) is 0.241. The third-order valence-corrected chi connectivity index (χ3v) is 6.64. The van der Waals surface area contributed by atoms with Gasteiger partial charge >= 0.3 is 5.97 Å². The first-order valence-electron chi connectivity index (χ1n) is 12.0. The summed E-state index contributed by atoms with van der Waals surface area (Å²) >= 11 is 0. The number of carbonyl (C=O) groups is 2. The molecule has 0 atom stereocenters. The maximum atomic E-state index is 13.0. The fourth-order valence-corrected chi connectivity index (χ4v) is 4.61. The second kappa shape index (κ2) is 10.4. The number of Topliss-reactive ketones (excluding diaryl/α,β-unsaturated/α-hetero) is 1. The first kappa shape index (κ1) is 23.8. The molecule has 2 aliphatic heterocycles. The van der Waals surface area contributed by atoms with E-state index in [-0.39, 0.29) is 17.3 Å². The average molecular weight is 485 g/mol. The quantitative estimate of drug-likeness (QED) is 0.417. The number of nitrogens with zero attached hydrogens (tertiary/aromatic N) is 2. The zero-order valence-corrected chi connectivity index (χ0v) is 20.1. The molecule has 5 rings (SSSR count). The number of hydrogen-bond donors (Lipinski definition) is 1. The number of rotatable bonds is 6. The summed E-state index contributed by atoms with van der Waals surface area (Å²) in [5.41, 5.74) is 3.53. The Morgan fingerprint density at radius 1 is 0.944 bits per heavy atom. The number of methoxy groups -OCH3 is 1. The van der Waals surface area contributed by atoms with Crippen LogP contribution in [0.25, 0.3) is 6.08 Å². The molecule has 0 aliphatic carbocycles. The van der Waals surface area contributed by atoms with E-state index in [4.69, 9.17) is 9.47 Å². The van der Waals surface area contributed by atoms with Gasteiger partial charge in [0.1, 0.15) is 11.5 Å². The van der Waals surface area contributed by atoms with Gasteiger partial charge in [0, 0.05) is 39.3 Å². The van der Waals surface area contributed by atoms with Crippen molar-refractivity contribution >= 4 is 17.8 Å². The van der Waals surface area contributed by atoms with Crippen molar-refractivity contribution in [2.45, 2.75) is 13.1 Å². The van der Waals surface area contributed by atoms with Gasteiger partial charge in [-0.2, -0.15) is 0 Å². The van der Waals surface area contributed by atoms with Crippen molar-refractivity contribution in [3.05, 3.63) is 100 Å². The Kier molecular flexibility index (Phi) is 6.84. The Labute approximate surface area is 210 Å². The summed E-state index contributed by atoms with van der Waals surface area (Å²) < 4.78 is 10.7. The summed E-state index contributed by atoms with van der Waals surface area (Å²) in [5.74, 6) is 0.0863. The molecule has 0 radical (unpaired) electrons. The van der Waals surface area contributed by atoms with E-state index < -0.39 is 5.97 Å². The summed E-state index contributed by atoms with van der Waals surface area (Å²) in [6.45, 7) is 5.00. The van der Waals surface area contributed by atoms with E-state index in [2.05, 4.69) is 34.1 Å². The van der Waals surface area contributed by atoms with Crippen LogP contribution in [0.3, 0.4) is 0 Å². The highest BCUT2D eigenvalue weighted by Crippen LogP contribution is 2.40. The van der Waals surface area contributed by atoms with Crippen LogP contribution in [-0.4, -0.2) is 59.9 Å². The van der Waals surface area contributed by atoms with E-state index in [1.807, 2.05) is 6.07 Å². The van der Waals surface area contributed by atoms with Crippen molar-refractivity contribution in [3.8, 4) is 11.5 Å². The van der Waals surface area contributed by atoms with Crippen LogP contribution in [0.2, 0.25) is 0 Å². The summed E-state index contributed by atoms with van der Waals surface area (Å²) in [7, 11) is 1.33. The van der Waals surface area contributed by atoms with Gasteiger partial charge in [0.2, 0.25) is 5.78 Å². The first-order chi connectivity index (χ1) is 17.5. The monoisotopic (exact) mass is 484 g/mol. The van der Waals surface area contributed by atoms with Gasteiger partial charge in [-0.3, -0.25) is 14.6 Å². The van der Waals surface area contributed by atoms with Gasteiger partial charge in [0.05, 0.1) is 23.8 Å². The maximum absolute atomic E-state index is 13.0. The van der Waals surface area contributed by atoms with E-state index >= 15 is 0 Å². The highest BCUT2D eigenvalue weighted by atomic mass is 16.5. The van der Waals surface area contributed by atoms with Gasteiger partial charge in [-0.25, -0.2) is 4.79 Å². The molecule has 3 aromatic rings. The maximum Gasteiger partial charge on any atom is 0.337 e. The van der Waals surface area contributed by atoms with Crippen LogP contribution in [0.15, 0.2) is 72.5 Å². The van der Waals surface area contributed by atoms with Crippen molar-refractivity contribution in [3.63, 3.8) is 0 Å². The van der Waals surface area contributed by atoms with Gasteiger partial charge in [0.25, 0.3) is 0 Å². The minimum absolute atomic E-state index is 0.122. The van der Waals surface area contributed by atoms with E-state index in [1.54, 1.807) is 42.5 Å². The van der Waals surface area contributed by atoms with Crippen molar-refractivity contribution in [2.75, 3.05) is 33.3 Å². The number of piperazine rings is 1. The second-order valence-electron chi connectivity index (χ2n) is 9.03. The molecule has 2 aliphatic rings. The SMILES string of the molecule is COC(=O)c1ccc(/C=C2\Oc3c(ccc(O)c3CN3CCN(Cc4ccccc4)CC3)C2=O)cc1. The van der Waals surface area contributed by atoms with Crippen LogP contribution >= 0.6 is 0 Å². The minimum atomic E-state index is -0.421. The lowest BCUT2D eigenvalue weighted by molar-refractivity contribution is 0.0600. The molecule has 0 bridgehead atoms. The molecule has 1 fully saturated rings. The lowest BCUT2D eigenvalue weighted by atomic mass is 10.0. The van der Waals surface area contributed by atoms with Crippen LogP contribution in [-0.2, 0) is 17.8 Å². The van der Waals surface area contributed by atoms with Gasteiger partial charge in [-0.1, -0.05) is 42.5 Å². The number of esters is 1. The molecular weight excluding hydrogens is 456 g/mol. The van der Waals surface area contributed by atoms with Gasteiger partial charge in [0.15, 0.2) is 5.76 Å². The third-order valence-electron chi connectivity index (χ3n) is 6.64. The van der Waals surface area contributed by atoms with Crippen LogP contribution in [0, 0.1) is 0 Å². The predicted molar refractivity (Wildman–Crippen MR) is 136 cm³/mol. The van der Waals surface area contributed by atoms with E-state index in [9.17, 15) is 14.7 Å². The number of hydrogen-bond acceptors (Lipinski definition) is 7. The molecule has 2 heterocycles. The molecule has 0 amide bonds. The number of aromatic hydroxyl groups is 1. The zero-order chi connectivity index (χ0) is 25.1. The number of ketones is 1. The Balaban J connectivity index is 1.27. The van der Waals surface area contributed by atoms with Crippen LogP contribution in [0.5, 0.6) is 11.5 Å². The third kappa shape index (κ3) is 5.03. The average Bonchev–Trinajstić information content (AvgIpc) is 3.22. The standard InChI is InChI=1S/C29H28N2O5/c1-35-29(34)22-9-7-20(8-10-22)17-26-27(33)23-11-12-25(32)24(28(23)36-26)19-31-15-13-30(14-16-31)18-21-5-3-2-4-6-21/h2-12,17,32H,13-16,18-19H2,1H3/b26-17-. The fourth-order valence-electron chi connectivity index (χ4n) is 4.61. The van der Waals surface area contributed by atoms with Crippen LogP contribution < -0.4 is 4.74 Å². The molecule has 1 N–H and O–H groups in total. The zero-order valence-electron chi connectivity index (χ0n) is 20.1. The summed E-state index contributed by atoms with van der Waals surface area (Å²) in [6.07, 6.45) is 1.65. The van der Waals surface area contributed by atoms with Crippen molar-refractivity contribution in [1.29, 1.82) is 0 Å². The molecule has 0 aromatic heterocycles. The topological polar surface area (TPSA) is 79.3 Å². The molecule has 1 saturated heterocycles. The van der Waals surface area contributed by atoms with Crippen LogP contribution in [0.4, 0.5) is 0 Å². The highest BCUT2D eigenvalue weighted by molar-refractivity contribution is 6.15. The number of ether oxygens (including phenoxy) is 2. The second-order valence-corrected chi connectivity index (χ2v) is 9.03. The molecule has 7 nitrogen and oxygen atoms in total. The first-order valence-corrected chi connectivity index (χ1v) is 12.0. The normalized spacial score (nSPS) is 17.1. The molecule has 7 heteroatoms. The lowest BCUT2D eigenvalue weighted by Crippen LogP contribution is -2.45. The smallest absolute Gasteiger partial charge is 0.337 e. The summed E-state index contributed by atoms with van der Waals surface area (Å²) in [6, 6.07) is 20.3. The summed E-state index contributed by atoms with van der Waals surface area (Å²) in [5, 5.41) is 10.6. The lowest BCUT2D eigenvalue weighted by Gasteiger charge is -2.35. The molecule has 184 valence electrons. The Hall–Kier alpha value is -3.94.